The van der Waals surface area contributed by atoms with Crippen LogP contribution in [0.1, 0.15) is 29.0 Å². The SMILES string of the molecule is COc1ccc(C(C)NC(=O)c2cc(-c3cccs3)[nH]n2)c(OC)c1. The molecule has 0 spiro atoms. The first-order valence-corrected chi connectivity index (χ1v) is 8.62. The number of ether oxygens (including phenoxy) is 2. The predicted molar refractivity (Wildman–Crippen MR) is 97.3 cm³/mol. The Bertz CT molecular complexity index is 858. The van der Waals surface area contributed by atoms with Crippen molar-refractivity contribution in [2.24, 2.45) is 0 Å². The van der Waals surface area contributed by atoms with Gasteiger partial charge in [-0.2, -0.15) is 5.10 Å². The molecule has 130 valence electrons. The van der Waals surface area contributed by atoms with Crippen LogP contribution < -0.4 is 14.8 Å². The van der Waals surface area contributed by atoms with Gasteiger partial charge in [-0.25, -0.2) is 0 Å². The van der Waals surface area contributed by atoms with Gasteiger partial charge in [0.05, 0.1) is 30.8 Å². The molecule has 0 saturated heterocycles. The van der Waals surface area contributed by atoms with Gasteiger partial charge in [-0.3, -0.25) is 9.89 Å². The van der Waals surface area contributed by atoms with Crippen molar-refractivity contribution in [2.75, 3.05) is 14.2 Å². The van der Waals surface area contributed by atoms with E-state index in [1.165, 1.54) is 0 Å². The highest BCUT2D eigenvalue weighted by Gasteiger charge is 2.18. The summed E-state index contributed by atoms with van der Waals surface area (Å²) in [5.74, 6) is 1.12. The Kier molecular flexibility index (Phi) is 5.04. The number of thiophene rings is 1. The summed E-state index contributed by atoms with van der Waals surface area (Å²) in [4.78, 5) is 13.5. The molecule has 1 aromatic carbocycles. The zero-order valence-corrected chi connectivity index (χ0v) is 15.0. The number of carbonyl (C=O) groups is 1. The van der Waals surface area contributed by atoms with Gasteiger partial charge in [-0.15, -0.1) is 11.3 Å². The molecule has 0 saturated carbocycles. The number of amides is 1. The first-order chi connectivity index (χ1) is 12.1. The van der Waals surface area contributed by atoms with Crippen LogP contribution in [0.2, 0.25) is 0 Å². The summed E-state index contributed by atoms with van der Waals surface area (Å²) in [6, 6.07) is 11.0. The molecule has 0 aliphatic heterocycles. The summed E-state index contributed by atoms with van der Waals surface area (Å²) in [5, 5.41) is 11.9. The maximum Gasteiger partial charge on any atom is 0.272 e. The van der Waals surface area contributed by atoms with E-state index in [1.54, 1.807) is 37.7 Å². The minimum Gasteiger partial charge on any atom is -0.497 e. The van der Waals surface area contributed by atoms with Crippen molar-refractivity contribution in [1.29, 1.82) is 0 Å². The third kappa shape index (κ3) is 3.66. The number of hydrogen-bond donors (Lipinski definition) is 2. The Balaban J connectivity index is 1.75. The van der Waals surface area contributed by atoms with Gasteiger partial charge >= 0.3 is 0 Å². The molecule has 0 aliphatic carbocycles. The largest absolute Gasteiger partial charge is 0.497 e. The van der Waals surface area contributed by atoms with Gasteiger partial charge in [0.2, 0.25) is 0 Å². The monoisotopic (exact) mass is 357 g/mol. The standard InChI is InChI=1S/C18H19N3O3S/c1-11(13-7-6-12(23-2)9-16(13)24-3)19-18(22)15-10-14(20-21-15)17-5-4-8-25-17/h4-11H,1-3H3,(H,19,22)(H,20,21). The molecule has 2 heterocycles. The minimum atomic E-state index is -0.246. The van der Waals surface area contributed by atoms with Crippen LogP contribution in [0.25, 0.3) is 10.6 Å². The second kappa shape index (κ2) is 7.40. The average Bonchev–Trinajstić information content (AvgIpc) is 3.32. The fraction of sp³-hybridized carbons (Fsp3) is 0.222. The van der Waals surface area contributed by atoms with Crippen molar-refractivity contribution < 1.29 is 14.3 Å². The van der Waals surface area contributed by atoms with Crippen molar-refractivity contribution >= 4 is 17.2 Å². The molecule has 6 nitrogen and oxygen atoms in total. The van der Waals surface area contributed by atoms with Crippen LogP contribution in [0, 0.1) is 0 Å². The van der Waals surface area contributed by atoms with Crippen molar-refractivity contribution in [1.82, 2.24) is 15.5 Å². The highest BCUT2D eigenvalue weighted by atomic mass is 32.1. The molecule has 3 rings (SSSR count). The number of nitrogens with zero attached hydrogens (tertiary/aromatic N) is 1. The van der Waals surface area contributed by atoms with Crippen LogP contribution in [0.5, 0.6) is 11.5 Å². The van der Waals surface area contributed by atoms with Gasteiger partial charge in [0.25, 0.3) is 5.91 Å². The van der Waals surface area contributed by atoms with Gasteiger partial charge < -0.3 is 14.8 Å². The molecule has 0 fully saturated rings. The molecule has 25 heavy (non-hydrogen) atoms. The Morgan fingerprint density at radius 1 is 1.24 bits per heavy atom. The van der Waals surface area contributed by atoms with Crippen LogP contribution in [0.3, 0.4) is 0 Å². The molecule has 0 bridgehead atoms. The second-order valence-electron chi connectivity index (χ2n) is 5.45. The minimum absolute atomic E-state index is 0.241. The zero-order valence-electron chi connectivity index (χ0n) is 14.2. The lowest BCUT2D eigenvalue weighted by Gasteiger charge is -2.17. The number of aromatic amines is 1. The maximum absolute atomic E-state index is 12.5. The first-order valence-electron chi connectivity index (χ1n) is 7.74. The molecule has 3 aromatic rings. The van der Waals surface area contributed by atoms with Crippen LogP contribution in [-0.2, 0) is 0 Å². The summed E-state index contributed by atoms with van der Waals surface area (Å²) >= 11 is 1.59. The first kappa shape index (κ1) is 17.0. The summed E-state index contributed by atoms with van der Waals surface area (Å²) in [7, 11) is 3.19. The lowest BCUT2D eigenvalue weighted by atomic mass is 10.1. The number of aromatic nitrogens is 2. The van der Waals surface area contributed by atoms with Crippen LogP contribution >= 0.6 is 11.3 Å². The molecule has 2 aromatic heterocycles. The number of nitrogens with one attached hydrogen (secondary N) is 2. The summed E-state index contributed by atoms with van der Waals surface area (Å²) in [6.07, 6.45) is 0. The second-order valence-corrected chi connectivity index (χ2v) is 6.39. The molecule has 0 radical (unpaired) electrons. The molecule has 1 unspecified atom stereocenters. The van der Waals surface area contributed by atoms with Crippen LogP contribution in [0.15, 0.2) is 41.8 Å². The highest BCUT2D eigenvalue weighted by Crippen LogP contribution is 2.29. The lowest BCUT2D eigenvalue weighted by Crippen LogP contribution is -2.27. The number of hydrogen-bond acceptors (Lipinski definition) is 5. The van der Waals surface area contributed by atoms with E-state index in [0.29, 0.717) is 17.2 Å². The zero-order chi connectivity index (χ0) is 17.8. The van der Waals surface area contributed by atoms with Crippen molar-refractivity contribution in [3.8, 4) is 22.1 Å². The van der Waals surface area contributed by atoms with Gasteiger partial charge in [0.15, 0.2) is 5.69 Å². The fourth-order valence-corrected chi connectivity index (χ4v) is 3.21. The van der Waals surface area contributed by atoms with Gasteiger partial charge in [0.1, 0.15) is 11.5 Å². The number of carbonyl (C=O) groups excluding carboxylic acids is 1. The van der Waals surface area contributed by atoms with Crippen LogP contribution in [-0.4, -0.2) is 30.3 Å². The third-order valence-corrected chi connectivity index (χ3v) is 4.76. The van der Waals surface area contributed by atoms with E-state index in [9.17, 15) is 4.79 Å². The number of methoxy groups -OCH3 is 2. The van der Waals surface area contributed by atoms with Crippen molar-refractivity contribution in [3.05, 3.63) is 53.0 Å². The Labute approximate surface area is 149 Å². The predicted octanol–water partition coefficient (Wildman–Crippen LogP) is 3.65. The average molecular weight is 357 g/mol. The van der Waals surface area contributed by atoms with E-state index in [-0.39, 0.29) is 11.9 Å². The van der Waals surface area contributed by atoms with Gasteiger partial charge in [0, 0.05) is 11.6 Å². The maximum atomic E-state index is 12.5. The number of benzene rings is 1. The molecule has 2 N–H and O–H groups in total. The van der Waals surface area contributed by atoms with E-state index in [1.807, 2.05) is 36.6 Å². The molecular weight excluding hydrogens is 338 g/mol. The molecular formula is C18H19N3O3S. The van der Waals surface area contributed by atoms with Crippen LogP contribution in [0.4, 0.5) is 0 Å². The topological polar surface area (TPSA) is 76.2 Å². The summed E-state index contributed by atoms with van der Waals surface area (Å²) < 4.78 is 10.6. The fourth-order valence-electron chi connectivity index (χ4n) is 2.52. The molecule has 0 aliphatic rings. The number of H-pyrrole nitrogens is 1. The van der Waals surface area contributed by atoms with Crippen molar-refractivity contribution in [3.63, 3.8) is 0 Å². The molecule has 7 heteroatoms. The summed E-state index contributed by atoms with van der Waals surface area (Å²) in [6.45, 7) is 1.90. The van der Waals surface area contributed by atoms with E-state index < -0.39 is 0 Å². The lowest BCUT2D eigenvalue weighted by molar-refractivity contribution is 0.0934. The highest BCUT2D eigenvalue weighted by molar-refractivity contribution is 7.13. The van der Waals surface area contributed by atoms with Gasteiger partial charge in [-0.05, 0) is 36.6 Å². The van der Waals surface area contributed by atoms with E-state index >= 15 is 0 Å². The Morgan fingerprint density at radius 2 is 2.08 bits per heavy atom. The quantitative estimate of drug-likeness (QED) is 0.706. The van der Waals surface area contributed by atoms with E-state index in [4.69, 9.17) is 9.47 Å². The Hall–Kier alpha value is -2.80. The summed E-state index contributed by atoms with van der Waals surface area (Å²) in [5.41, 5.74) is 2.04. The van der Waals surface area contributed by atoms with Crippen molar-refractivity contribution in [2.45, 2.75) is 13.0 Å². The van der Waals surface area contributed by atoms with E-state index in [2.05, 4.69) is 15.5 Å². The normalized spacial score (nSPS) is 11.8. The molecule has 1 amide bonds. The Morgan fingerprint density at radius 3 is 2.76 bits per heavy atom. The van der Waals surface area contributed by atoms with E-state index in [0.717, 1.165) is 16.1 Å². The molecule has 1 atom stereocenters. The smallest absolute Gasteiger partial charge is 0.272 e. The third-order valence-electron chi connectivity index (χ3n) is 3.85. The number of rotatable bonds is 6. The van der Waals surface area contributed by atoms with Gasteiger partial charge in [-0.1, -0.05) is 6.07 Å².